The predicted octanol–water partition coefficient (Wildman–Crippen LogP) is 0.614. The van der Waals surface area contributed by atoms with Crippen LogP contribution in [0.5, 0.6) is 0 Å². The second-order valence-electron chi connectivity index (χ2n) is 3.26. The van der Waals surface area contributed by atoms with Crippen molar-refractivity contribution in [3.63, 3.8) is 0 Å². The fourth-order valence-corrected chi connectivity index (χ4v) is 1.48. The number of aliphatic hydroxyl groups is 2. The van der Waals surface area contributed by atoms with Crippen LogP contribution in [0.25, 0.3) is 0 Å². The molecule has 60 valence electrons. The summed E-state index contributed by atoms with van der Waals surface area (Å²) in [4.78, 5) is 0. The van der Waals surface area contributed by atoms with Crippen LogP contribution >= 0.6 is 0 Å². The molecule has 0 saturated heterocycles. The lowest BCUT2D eigenvalue weighted by Gasteiger charge is -2.20. The number of hydrogen-bond donors (Lipinski definition) is 2. The summed E-state index contributed by atoms with van der Waals surface area (Å²) in [6.45, 7) is 0. The minimum Gasteiger partial charge on any atom is -0.386 e. The lowest BCUT2D eigenvalue weighted by molar-refractivity contribution is 0.0681. The van der Waals surface area contributed by atoms with E-state index in [1.54, 1.807) is 6.08 Å². The molecular formula is C9H12O2. The van der Waals surface area contributed by atoms with Gasteiger partial charge in [0.2, 0.25) is 0 Å². The van der Waals surface area contributed by atoms with Gasteiger partial charge in [-0.05, 0) is 24.3 Å². The van der Waals surface area contributed by atoms with Gasteiger partial charge in [-0.1, -0.05) is 18.2 Å². The molecule has 2 rings (SSSR count). The second-order valence-corrected chi connectivity index (χ2v) is 3.26. The van der Waals surface area contributed by atoms with E-state index in [1.165, 1.54) is 12.8 Å². The Hall–Kier alpha value is -0.600. The van der Waals surface area contributed by atoms with Crippen molar-refractivity contribution in [2.45, 2.75) is 25.0 Å². The molecule has 0 spiro atoms. The second kappa shape index (κ2) is 2.47. The Bertz CT molecular complexity index is 214. The highest BCUT2D eigenvalue weighted by molar-refractivity contribution is 5.29. The summed E-state index contributed by atoms with van der Waals surface area (Å²) < 4.78 is 0. The van der Waals surface area contributed by atoms with E-state index in [-0.39, 0.29) is 0 Å². The molecule has 0 amide bonds. The van der Waals surface area contributed by atoms with Crippen LogP contribution in [0.2, 0.25) is 0 Å². The summed E-state index contributed by atoms with van der Waals surface area (Å²) in [5.41, 5.74) is 1.01. The molecule has 0 aromatic rings. The SMILES string of the molecule is O[C@@H]1C(C2CC2)=CC=C[C@@H]1O. The topological polar surface area (TPSA) is 40.5 Å². The smallest absolute Gasteiger partial charge is 0.105 e. The molecular weight excluding hydrogens is 140 g/mol. The van der Waals surface area contributed by atoms with Gasteiger partial charge < -0.3 is 10.2 Å². The zero-order valence-corrected chi connectivity index (χ0v) is 6.27. The molecule has 1 fully saturated rings. The molecule has 2 N–H and O–H groups in total. The van der Waals surface area contributed by atoms with Crippen LogP contribution in [0.4, 0.5) is 0 Å². The van der Waals surface area contributed by atoms with Gasteiger partial charge >= 0.3 is 0 Å². The van der Waals surface area contributed by atoms with Crippen molar-refractivity contribution < 1.29 is 10.2 Å². The monoisotopic (exact) mass is 152 g/mol. The molecule has 0 aliphatic heterocycles. The predicted molar refractivity (Wildman–Crippen MR) is 42.0 cm³/mol. The fraction of sp³-hybridized carbons (Fsp3) is 0.556. The molecule has 1 saturated carbocycles. The molecule has 2 aliphatic carbocycles. The summed E-state index contributed by atoms with van der Waals surface area (Å²) in [7, 11) is 0. The molecule has 0 bridgehead atoms. The Balaban J connectivity index is 2.16. The molecule has 2 atom stereocenters. The molecule has 0 unspecified atom stereocenters. The summed E-state index contributed by atoms with van der Waals surface area (Å²) in [5, 5.41) is 18.7. The van der Waals surface area contributed by atoms with Crippen molar-refractivity contribution >= 4 is 0 Å². The van der Waals surface area contributed by atoms with E-state index in [9.17, 15) is 10.2 Å². The van der Waals surface area contributed by atoms with Crippen LogP contribution < -0.4 is 0 Å². The third kappa shape index (κ3) is 1.24. The normalized spacial score (nSPS) is 37.1. The fourth-order valence-electron chi connectivity index (χ4n) is 1.48. The zero-order valence-electron chi connectivity index (χ0n) is 6.27. The Morgan fingerprint density at radius 1 is 1.27 bits per heavy atom. The molecule has 2 nitrogen and oxygen atoms in total. The minimum absolute atomic E-state index is 0.546. The molecule has 0 aromatic carbocycles. The summed E-state index contributed by atoms with van der Waals surface area (Å²) in [6, 6.07) is 0. The largest absolute Gasteiger partial charge is 0.386 e. The molecule has 0 aromatic heterocycles. The van der Waals surface area contributed by atoms with E-state index in [2.05, 4.69) is 0 Å². The highest BCUT2D eigenvalue weighted by Gasteiger charge is 2.33. The average Bonchev–Trinajstić information content (AvgIpc) is 2.77. The van der Waals surface area contributed by atoms with E-state index in [4.69, 9.17) is 0 Å². The van der Waals surface area contributed by atoms with Gasteiger partial charge in [0.1, 0.15) is 12.2 Å². The number of hydrogen-bond acceptors (Lipinski definition) is 2. The standard InChI is InChI=1S/C9H12O2/c10-8-3-1-2-7(9(8)11)6-4-5-6/h1-3,6,8-11H,4-5H2/t8-,9+/m0/s1. The zero-order chi connectivity index (χ0) is 7.84. The number of allylic oxidation sites excluding steroid dienone is 2. The average molecular weight is 152 g/mol. The van der Waals surface area contributed by atoms with Gasteiger partial charge in [-0.25, -0.2) is 0 Å². The Morgan fingerprint density at radius 2 is 2.00 bits per heavy atom. The van der Waals surface area contributed by atoms with Crippen molar-refractivity contribution in [2.75, 3.05) is 0 Å². The van der Waals surface area contributed by atoms with Crippen molar-refractivity contribution in [3.8, 4) is 0 Å². The van der Waals surface area contributed by atoms with E-state index < -0.39 is 12.2 Å². The molecule has 0 radical (unpaired) electrons. The quantitative estimate of drug-likeness (QED) is 0.578. The van der Waals surface area contributed by atoms with Crippen molar-refractivity contribution in [2.24, 2.45) is 5.92 Å². The van der Waals surface area contributed by atoms with Gasteiger partial charge in [0, 0.05) is 0 Å². The maximum absolute atomic E-state index is 9.48. The van der Waals surface area contributed by atoms with E-state index in [1.807, 2.05) is 12.2 Å². The van der Waals surface area contributed by atoms with Crippen LogP contribution in [0.1, 0.15) is 12.8 Å². The first-order valence-corrected chi connectivity index (χ1v) is 4.03. The maximum atomic E-state index is 9.48. The van der Waals surface area contributed by atoms with Crippen molar-refractivity contribution in [3.05, 3.63) is 23.8 Å². The first-order chi connectivity index (χ1) is 5.29. The molecule has 2 heteroatoms. The summed E-state index contributed by atoms with van der Waals surface area (Å²) in [6.07, 6.45) is 6.38. The van der Waals surface area contributed by atoms with Crippen LogP contribution in [0.15, 0.2) is 23.8 Å². The van der Waals surface area contributed by atoms with Crippen LogP contribution in [-0.2, 0) is 0 Å². The third-order valence-electron chi connectivity index (χ3n) is 2.31. The van der Waals surface area contributed by atoms with Crippen molar-refractivity contribution in [1.29, 1.82) is 0 Å². The lowest BCUT2D eigenvalue weighted by Crippen LogP contribution is -2.28. The summed E-state index contributed by atoms with van der Waals surface area (Å²) in [5.74, 6) is 0.546. The number of aliphatic hydroxyl groups excluding tert-OH is 2. The van der Waals surface area contributed by atoms with Gasteiger partial charge in [0.25, 0.3) is 0 Å². The van der Waals surface area contributed by atoms with Gasteiger partial charge in [-0.15, -0.1) is 0 Å². The van der Waals surface area contributed by atoms with Crippen LogP contribution in [0, 0.1) is 5.92 Å². The first-order valence-electron chi connectivity index (χ1n) is 4.03. The minimum atomic E-state index is -0.685. The lowest BCUT2D eigenvalue weighted by atomic mass is 9.95. The van der Waals surface area contributed by atoms with Gasteiger partial charge in [0.05, 0.1) is 0 Å². The molecule has 0 heterocycles. The van der Waals surface area contributed by atoms with Crippen LogP contribution in [-0.4, -0.2) is 22.4 Å². The number of rotatable bonds is 1. The first kappa shape index (κ1) is 7.07. The van der Waals surface area contributed by atoms with Gasteiger partial charge in [0.15, 0.2) is 0 Å². The molecule has 2 aliphatic rings. The van der Waals surface area contributed by atoms with Crippen molar-refractivity contribution in [1.82, 2.24) is 0 Å². The third-order valence-corrected chi connectivity index (χ3v) is 2.31. The Kier molecular flexibility index (Phi) is 1.59. The Morgan fingerprint density at radius 3 is 2.64 bits per heavy atom. The van der Waals surface area contributed by atoms with E-state index in [0.717, 1.165) is 5.57 Å². The van der Waals surface area contributed by atoms with Crippen LogP contribution in [0.3, 0.4) is 0 Å². The van der Waals surface area contributed by atoms with E-state index in [0.29, 0.717) is 5.92 Å². The summed E-state index contributed by atoms with van der Waals surface area (Å²) >= 11 is 0. The molecule has 11 heavy (non-hydrogen) atoms. The highest BCUT2D eigenvalue weighted by atomic mass is 16.3. The Labute approximate surface area is 65.9 Å². The van der Waals surface area contributed by atoms with Gasteiger partial charge in [-0.2, -0.15) is 0 Å². The van der Waals surface area contributed by atoms with Gasteiger partial charge in [-0.3, -0.25) is 0 Å². The van der Waals surface area contributed by atoms with E-state index >= 15 is 0 Å². The maximum Gasteiger partial charge on any atom is 0.105 e. The highest BCUT2D eigenvalue weighted by Crippen LogP contribution is 2.39.